The van der Waals surface area contributed by atoms with Gasteiger partial charge in [0.2, 0.25) is 5.91 Å². The minimum absolute atomic E-state index is 0.0695. The van der Waals surface area contributed by atoms with E-state index in [1.54, 1.807) is 6.21 Å². The van der Waals surface area contributed by atoms with Crippen molar-refractivity contribution in [1.29, 1.82) is 0 Å². The second-order valence-corrected chi connectivity index (χ2v) is 8.97. The number of carbonyl (C=O) groups excluding carboxylic acids is 1. The fourth-order valence-electron chi connectivity index (χ4n) is 4.49. The standard InChI is InChI=1S/C23H25BrN2O2/c1-23-13-3-2-4-20(23)21(23)22(27)26-25-14-16-7-11-19(12-8-16)28-15-17-5-9-18(24)10-6-17/h5-12,14,20-21H,2-4,13,15H2,1H3,(H,26,27)/b25-14-/t20-,21+,23+/m1/s1. The molecule has 0 aliphatic heterocycles. The number of fused-ring (bicyclic) bond motifs is 1. The van der Waals surface area contributed by atoms with E-state index >= 15 is 0 Å². The zero-order chi connectivity index (χ0) is 19.6. The molecule has 1 amide bonds. The van der Waals surface area contributed by atoms with Crippen LogP contribution < -0.4 is 10.2 Å². The molecule has 0 radical (unpaired) electrons. The van der Waals surface area contributed by atoms with Gasteiger partial charge < -0.3 is 4.74 Å². The third kappa shape index (κ3) is 4.14. The highest BCUT2D eigenvalue weighted by Crippen LogP contribution is 2.66. The highest BCUT2D eigenvalue weighted by Gasteiger charge is 2.64. The quantitative estimate of drug-likeness (QED) is 0.488. The van der Waals surface area contributed by atoms with Gasteiger partial charge in [0.25, 0.3) is 0 Å². The van der Waals surface area contributed by atoms with Crippen LogP contribution in [0.2, 0.25) is 0 Å². The SMILES string of the molecule is C[C@]12CCCC[C@@H]1[C@H]2C(=O)N/N=C\c1ccc(OCc2ccc(Br)cc2)cc1. The molecule has 0 spiro atoms. The number of hydrogen-bond donors (Lipinski definition) is 1. The highest BCUT2D eigenvalue weighted by molar-refractivity contribution is 9.10. The molecule has 4 nitrogen and oxygen atoms in total. The molecule has 4 rings (SSSR count). The van der Waals surface area contributed by atoms with Crippen LogP contribution in [0.5, 0.6) is 5.75 Å². The van der Waals surface area contributed by atoms with E-state index in [1.807, 2.05) is 48.5 Å². The molecule has 1 N–H and O–H groups in total. The molecular formula is C23H25BrN2O2. The second-order valence-electron chi connectivity index (χ2n) is 8.05. The first-order valence-corrected chi connectivity index (χ1v) is 10.7. The Kier molecular flexibility index (Phi) is 5.54. The number of amides is 1. The molecule has 2 aliphatic rings. The molecule has 0 heterocycles. The normalized spacial score (nSPS) is 25.9. The molecule has 0 unspecified atom stereocenters. The Bertz CT molecular complexity index is 863. The summed E-state index contributed by atoms with van der Waals surface area (Å²) in [5.41, 5.74) is 4.99. The van der Waals surface area contributed by atoms with Gasteiger partial charge in [-0.15, -0.1) is 0 Å². The van der Waals surface area contributed by atoms with Crippen LogP contribution >= 0.6 is 15.9 Å². The summed E-state index contributed by atoms with van der Waals surface area (Å²) < 4.78 is 6.86. The van der Waals surface area contributed by atoms with Crippen molar-refractivity contribution in [2.75, 3.05) is 0 Å². The predicted molar refractivity (Wildman–Crippen MR) is 114 cm³/mol. The summed E-state index contributed by atoms with van der Waals surface area (Å²) in [7, 11) is 0. The van der Waals surface area contributed by atoms with Crippen molar-refractivity contribution in [2.24, 2.45) is 22.4 Å². The Morgan fingerprint density at radius 3 is 2.64 bits per heavy atom. The topological polar surface area (TPSA) is 50.7 Å². The van der Waals surface area contributed by atoms with Gasteiger partial charge in [-0.25, -0.2) is 5.43 Å². The first kappa shape index (κ1) is 19.2. The summed E-state index contributed by atoms with van der Waals surface area (Å²) in [6.07, 6.45) is 6.53. The molecule has 2 aromatic carbocycles. The molecule has 0 saturated heterocycles. The molecule has 146 valence electrons. The smallest absolute Gasteiger partial charge is 0.244 e. The van der Waals surface area contributed by atoms with Gasteiger partial charge in [0.05, 0.1) is 6.21 Å². The lowest BCUT2D eigenvalue weighted by Gasteiger charge is -2.15. The van der Waals surface area contributed by atoms with Crippen LogP contribution in [0, 0.1) is 17.3 Å². The molecule has 3 atom stereocenters. The van der Waals surface area contributed by atoms with Crippen molar-refractivity contribution < 1.29 is 9.53 Å². The van der Waals surface area contributed by atoms with Crippen LogP contribution in [-0.4, -0.2) is 12.1 Å². The average Bonchev–Trinajstić information content (AvgIpc) is 3.34. The number of ether oxygens (including phenoxy) is 1. The van der Waals surface area contributed by atoms with Crippen LogP contribution in [-0.2, 0) is 11.4 Å². The Balaban J connectivity index is 1.26. The van der Waals surface area contributed by atoms with Crippen LogP contribution in [0.25, 0.3) is 0 Å². The summed E-state index contributed by atoms with van der Waals surface area (Å²) in [5, 5.41) is 4.15. The number of hydrazone groups is 1. The summed E-state index contributed by atoms with van der Waals surface area (Å²) in [6, 6.07) is 15.8. The number of halogens is 1. The highest BCUT2D eigenvalue weighted by atomic mass is 79.9. The third-order valence-corrected chi connectivity index (χ3v) is 6.73. The van der Waals surface area contributed by atoms with Crippen LogP contribution in [0.3, 0.4) is 0 Å². The molecule has 5 heteroatoms. The molecule has 28 heavy (non-hydrogen) atoms. The maximum absolute atomic E-state index is 12.4. The van der Waals surface area contributed by atoms with Gasteiger partial charge in [-0.3, -0.25) is 4.79 Å². The lowest BCUT2D eigenvalue weighted by molar-refractivity contribution is -0.123. The summed E-state index contributed by atoms with van der Waals surface area (Å²) >= 11 is 3.43. The zero-order valence-electron chi connectivity index (χ0n) is 16.0. The van der Waals surface area contributed by atoms with Crippen molar-refractivity contribution in [2.45, 2.75) is 39.2 Å². The minimum atomic E-state index is 0.0695. The number of rotatable bonds is 6. The van der Waals surface area contributed by atoms with Gasteiger partial charge in [0, 0.05) is 10.4 Å². The number of nitrogens with zero attached hydrogens (tertiary/aromatic N) is 1. The second kappa shape index (κ2) is 8.08. The minimum Gasteiger partial charge on any atom is -0.489 e. The van der Waals surface area contributed by atoms with E-state index in [0.717, 1.165) is 21.3 Å². The molecule has 2 aliphatic carbocycles. The molecule has 2 fully saturated rings. The van der Waals surface area contributed by atoms with E-state index in [-0.39, 0.29) is 17.2 Å². The Hall–Kier alpha value is -2.14. The van der Waals surface area contributed by atoms with Gasteiger partial charge >= 0.3 is 0 Å². The van der Waals surface area contributed by atoms with Crippen LogP contribution in [0.1, 0.15) is 43.7 Å². The van der Waals surface area contributed by atoms with Crippen molar-refractivity contribution in [1.82, 2.24) is 5.43 Å². The summed E-state index contributed by atoms with van der Waals surface area (Å²) in [5.74, 6) is 1.57. The summed E-state index contributed by atoms with van der Waals surface area (Å²) in [4.78, 5) is 12.4. The van der Waals surface area contributed by atoms with E-state index in [1.165, 1.54) is 25.7 Å². The monoisotopic (exact) mass is 440 g/mol. The fraction of sp³-hybridized carbons (Fsp3) is 0.391. The van der Waals surface area contributed by atoms with E-state index in [4.69, 9.17) is 4.74 Å². The van der Waals surface area contributed by atoms with Gasteiger partial charge in [0.1, 0.15) is 12.4 Å². The van der Waals surface area contributed by atoms with Gasteiger partial charge in [-0.1, -0.05) is 47.8 Å². The molecule has 2 saturated carbocycles. The molecule has 2 aromatic rings. The Labute approximate surface area is 174 Å². The maximum Gasteiger partial charge on any atom is 0.244 e. The van der Waals surface area contributed by atoms with Gasteiger partial charge in [-0.05, 0) is 71.7 Å². The number of benzene rings is 2. The first-order valence-electron chi connectivity index (χ1n) is 9.86. The number of carbonyl (C=O) groups is 1. The van der Waals surface area contributed by atoms with E-state index in [9.17, 15) is 4.79 Å². The lowest BCUT2D eigenvalue weighted by Crippen LogP contribution is -2.22. The van der Waals surface area contributed by atoms with Crippen molar-refractivity contribution >= 4 is 28.1 Å². The van der Waals surface area contributed by atoms with Crippen LogP contribution in [0.15, 0.2) is 58.1 Å². The van der Waals surface area contributed by atoms with Crippen molar-refractivity contribution in [3.63, 3.8) is 0 Å². The maximum atomic E-state index is 12.4. The number of nitrogens with one attached hydrogen (secondary N) is 1. The van der Waals surface area contributed by atoms with Gasteiger partial charge in [0.15, 0.2) is 0 Å². The third-order valence-electron chi connectivity index (χ3n) is 6.20. The zero-order valence-corrected chi connectivity index (χ0v) is 17.6. The van der Waals surface area contributed by atoms with Crippen LogP contribution in [0.4, 0.5) is 0 Å². The fourth-order valence-corrected chi connectivity index (χ4v) is 4.75. The Morgan fingerprint density at radius 2 is 1.96 bits per heavy atom. The molecule has 0 bridgehead atoms. The predicted octanol–water partition coefficient (Wildman–Crippen LogP) is 5.30. The Morgan fingerprint density at radius 1 is 1.21 bits per heavy atom. The number of hydrogen-bond acceptors (Lipinski definition) is 3. The van der Waals surface area contributed by atoms with E-state index in [0.29, 0.717) is 12.5 Å². The molecule has 0 aromatic heterocycles. The summed E-state index contributed by atoms with van der Waals surface area (Å²) in [6.45, 7) is 2.77. The lowest BCUT2D eigenvalue weighted by atomic mass is 9.90. The van der Waals surface area contributed by atoms with E-state index < -0.39 is 0 Å². The van der Waals surface area contributed by atoms with Gasteiger partial charge in [-0.2, -0.15) is 5.10 Å². The first-order chi connectivity index (χ1) is 13.6. The molecular weight excluding hydrogens is 416 g/mol. The van der Waals surface area contributed by atoms with Crippen molar-refractivity contribution in [3.8, 4) is 5.75 Å². The average molecular weight is 441 g/mol. The van der Waals surface area contributed by atoms with Crippen molar-refractivity contribution in [3.05, 3.63) is 64.1 Å². The van der Waals surface area contributed by atoms with E-state index in [2.05, 4.69) is 33.4 Å². The largest absolute Gasteiger partial charge is 0.489 e.